The predicted octanol–water partition coefficient (Wildman–Crippen LogP) is 0.739. The molecule has 0 heterocycles. The van der Waals surface area contributed by atoms with Crippen molar-refractivity contribution in [1.82, 2.24) is 0 Å². The van der Waals surface area contributed by atoms with Crippen LogP contribution in [0.2, 0.25) is 0 Å². The van der Waals surface area contributed by atoms with Crippen LogP contribution in [0.1, 0.15) is 7.43 Å². The third-order valence-corrected chi connectivity index (χ3v) is 0. The third kappa shape index (κ3) is 30.4. The average Bonchev–Trinajstić information content (AvgIpc) is 0. The van der Waals surface area contributed by atoms with Crippen molar-refractivity contribution in [3.05, 3.63) is 0 Å². The van der Waals surface area contributed by atoms with Gasteiger partial charge < -0.3 is 0 Å². The van der Waals surface area contributed by atoms with Gasteiger partial charge in [0.1, 0.15) is 0 Å². The summed E-state index contributed by atoms with van der Waals surface area (Å²) in [6.07, 6.45) is 0. The second-order valence-electron chi connectivity index (χ2n) is 0. The van der Waals surface area contributed by atoms with Crippen LogP contribution in [0.25, 0.3) is 0 Å². The van der Waals surface area contributed by atoms with Gasteiger partial charge in [-0.3, -0.25) is 0 Å². The summed E-state index contributed by atoms with van der Waals surface area (Å²) in [5, 5.41) is 0. The monoisotopic (exact) mass is 316 g/mol. The molecule has 0 nitrogen and oxygen atoms in total. The van der Waals surface area contributed by atoms with Crippen LogP contribution in [0.3, 0.4) is 0 Å². The summed E-state index contributed by atoms with van der Waals surface area (Å²) < 4.78 is 0. The van der Waals surface area contributed by atoms with E-state index in [1.807, 2.05) is 0 Å². The number of rotatable bonds is 0. The summed E-state index contributed by atoms with van der Waals surface area (Å²) in [6, 6.07) is 0. The fourth-order valence-electron chi connectivity index (χ4n) is 0. The molecule has 0 saturated heterocycles. The smallest absolute Gasteiger partial charge is 0 e. The standard InChI is InChI=1S/CH4.Co.Mo.Ni.H2S.V/h1H4;;;;1H2;. The SMILES string of the molecule is C.S.[Co].[Mo].[Ni].[V]. The Labute approximate surface area is 92.7 Å². The van der Waals surface area contributed by atoms with Gasteiger partial charge in [-0.25, -0.2) is 0 Å². The van der Waals surface area contributed by atoms with Gasteiger partial charge in [-0.1, -0.05) is 7.43 Å². The molecule has 0 spiro atoms. The Kier molecular flexibility index (Phi) is 590. The van der Waals surface area contributed by atoms with E-state index in [1.54, 1.807) is 0 Å². The van der Waals surface area contributed by atoms with Crippen LogP contribution < -0.4 is 0 Å². The Hall–Kier alpha value is 2.62. The maximum Gasteiger partial charge on any atom is 0 e. The molecule has 0 bridgehead atoms. The fraction of sp³-hybridized carbons (Fsp3) is 1.00. The topological polar surface area (TPSA) is 0 Å². The van der Waals surface area contributed by atoms with Crippen molar-refractivity contribution in [2.24, 2.45) is 0 Å². The van der Waals surface area contributed by atoms with E-state index in [1.165, 1.54) is 0 Å². The van der Waals surface area contributed by atoms with E-state index in [-0.39, 0.29) is 93.8 Å². The van der Waals surface area contributed by atoms with Crippen LogP contribution in [0.4, 0.5) is 0 Å². The summed E-state index contributed by atoms with van der Waals surface area (Å²) in [6.45, 7) is 0. The Morgan fingerprint density at radius 1 is 1.00 bits per heavy atom. The second kappa shape index (κ2) is 48.6. The minimum Gasteiger partial charge on any atom is -0.197 e. The molecule has 0 aliphatic carbocycles. The molecule has 0 fully saturated rings. The van der Waals surface area contributed by atoms with Crippen molar-refractivity contribution in [2.75, 3.05) is 0 Å². The normalized spacial score (nSPS) is 0. The molecule has 5 heteroatoms. The van der Waals surface area contributed by atoms with E-state index in [0.29, 0.717) is 0 Å². The first-order chi connectivity index (χ1) is 0. The van der Waals surface area contributed by atoms with Crippen molar-refractivity contribution in [3.63, 3.8) is 0 Å². The number of hydrogen-bond donors (Lipinski definition) is 0. The summed E-state index contributed by atoms with van der Waals surface area (Å²) in [4.78, 5) is 0. The molecule has 0 atom stereocenters. The maximum atomic E-state index is 0. The zero-order valence-electron chi connectivity index (χ0n) is 2.01. The van der Waals surface area contributed by atoms with E-state index in [9.17, 15) is 0 Å². The Morgan fingerprint density at radius 2 is 1.00 bits per heavy atom. The summed E-state index contributed by atoms with van der Waals surface area (Å²) in [5.74, 6) is 0. The van der Waals surface area contributed by atoms with Gasteiger partial charge in [0, 0.05) is 72.9 Å². The van der Waals surface area contributed by atoms with Gasteiger partial charge in [0.2, 0.25) is 0 Å². The van der Waals surface area contributed by atoms with Gasteiger partial charge in [-0.15, -0.1) is 0 Å². The van der Waals surface area contributed by atoms with E-state index < -0.39 is 0 Å². The van der Waals surface area contributed by atoms with Gasteiger partial charge in [0.25, 0.3) is 0 Å². The molecule has 0 aromatic heterocycles. The van der Waals surface area contributed by atoms with Crippen molar-refractivity contribution < 1.29 is 72.9 Å². The zero-order valence-corrected chi connectivity index (χ0v) is 8.44. The van der Waals surface area contributed by atoms with Crippen molar-refractivity contribution in [2.45, 2.75) is 7.43 Å². The minimum absolute atomic E-state index is 0. The van der Waals surface area contributed by atoms with Crippen molar-refractivity contribution >= 4 is 13.5 Å². The minimum atomic E-state index is 0. The largest absolute Gasteiger partial charge is 0.197 e. The molecule has 0 N–H and O–H groups in total. The Morgan fingerprint density at radius 3 is 1.00 bits per heavy atom. The summed E-state index contributed by atoms with van der Waals surface area (Å²) >= 11 is 0. The average molecular weight is 315 g/mol. The summed E-state index contributed by atoms with van der Waals surface area (Å²) in [7, 11) is 0. The van der Waals surface area contributed by atoms with E-state index in [2.05, 4.69) is 0 Å². The molecule has 0 aromatic rings. The van der Waals surface area contributed by atoms with Gasteiger partial charge >= 0.3 is 0 Å². The van der Waals surface area contributed by atoms with Gasteiger partial charge in [0.05, 0.1) is 0 Å². The van der Waals surface area contributed by atoms with Crippen LogP contribution in [-0.4, -0.2) is 0 Å². The first-order valence-electron chi connectivity index (χ1n) is 0. The van der Waals surface area contributed by atoms with Gasteiger partial charge in [-0.05, 0) is 0 Å². The maximum absolute atomic E-state index is 0. The molecule has 0 aliphatic heterocycles. The van der Waals surface area contributed by atoms with Crippen LogP contribution in [0.5, 0.6) is 0 Å². The molecule has 0 saturated carbocycles. The van der Waals surface area contributed by atoms with E-state index in [4.69, 9.17) is 0 Å². The number of hydrogen-bond acceptors (Lipinski definition) is 0. The zero-order chi connectivity index (χ0) is 0. The van der Waals surface area contributed by atoms with Crippen LogP contribution in [0, 0.1) is 0 Å². The predicted molar refractivity (Wildman–Crippen MR) is 17.1 cm³/mol. The second-order valence-corrected chi connectivity index (χ2v) is 0. The van der Waals surface area contributed by atoms with Crippen LogP contribution in [-0.2, 0) is 72.9 Å². The van der Waals surface area contributed by atoms with Gasteiger partial charge in [0.15, 0.2) is 0 Å². The Balaban J connectivity index is 0. The van der Waals surface area contributed by atoms with Crippen LogP contribution in [0.15, 0.2) is 0 Å². The molecule has 0 aliphatic rings. The third-order valence-electron chi connectivity index (χ3n) is 0. The summed E-state index contributed by atoms with van der Waals surface area (Å²) in [5.41, 5.74) is 0. The first-order valence-corrected chi connectivity index (χ1v) is 0. The molecule has 0 rings (SSSR count). The quantitative estimate of drug-likeness (QED) is 0.579. The molecular weight excluding hydrogens is 309 g/mol. The van der Waals surface area contributed by atoms with Crippen molar-refractivity contribution in [3.8, 4) is 0 Å². The van der Waals surface area contributed by atoms with Gasteiger partial charge in [-0.2, -0.15) is 13.5 Å². The van der Waals surface area contributed by atoms with E-state index in [0.717, 1.165) is 0 Å². The molecular formula is CH6CoMoNiSV. The molecule has 0 unspecified atom stereocenters. The molecule has 6 heavy (non-hydrogen) atoms. The van der Waals surface area contributed by atoms with Crippen molar-refractivity contribution in [1.29, 1.82) is 0 Å². The van der Waals surface area contributed by atoms with E-state index >= 15 is 0 Å². The Bertz CT molecular complexity index is 15.5. The molecule has 0 aromatic carbocycles. The first kappa shape index (κ1) is 72.8. The molecule has 0 amide bonds. The fourth-order valence-corrected chi connectivity index (χ4v) is 0. The van der Waals surface area contributed by atoms with Crippen LogP contribution >= 0.6 is 13.5 Å². The molecule has 2 radical (unpaired) electrons. The molecule has 46 valence electrons.